The SMILES string of the molecule is COc1cc(C(=O)c2coc(-c3ccc(F)cc3)n2)cc(OC)c1OC. The summed E-state index contributed by atoms with van der Waals surface area (Å²) in [6.07, 6.45) is 1.25. The largest absolute Gasteiger partial charge is 0.493 e. The van der Waals surface area contributed by atoms with Crippen molar-refractivity contribution >= 4 is 5.78 Å². The summed E-state index contributed by atoms with van der Waals surface area (Å²) < 4.78 is 34.1. The standard InChI is InChI=1S/C19H16FNO5/c1-23-15-8-12(9-16(24-2)18(15)25-3)17(22)14-10-26-19(21-14)11-4-6-13(20)7-5-11/h4-10H,1-3H3. The molecule has 2 aromatic carbocycles. The van der Waals surface area contributed by atoms with Crippen molar-refractivity contribution in [1.82, 2.24) is 4.98 Å². The van der Waals surface area contributed by atoms with Crippen molar-refractivity contribution in [2.75, 3.05) is 21.3 Å². The smallest absolute Gasteiger partial charge is 0.226 e. The second-order valence-corrected chi connectivity index (χ2v) is 5.29. The summed E-state index contributed by atoms with van der Waals surface area (Å²) in [5.74, 6) is 0.588. The van der Waals surface area contributed by atoms with Crippen molar-refractivity contribution in [2.24, 2.45) is 0 Å². The van der Waals surface area contributed by atoms with Crippen molar-refractivity contribution in [3.63, 3.8) is 0 Å². The number of methoxy groups -OCH3 is 3. The molecule has 0 aliphatic rings. The highest BCUT2D eigenvalue weighted by molar-refractivity contribution is 6.08. The lowest BCUT2D eigenvalue weighted by Crippen LogP contribution is -2.04. The molecule has 0 amide bonds. The van der Waals surface area contributed by atoms with Crippen LogP contribution in [0.4, 0.5) is 4.39 Å². The van der Waals surface area contributed by atoms with Gasteiger partial charge in [-0.25, -0.2) is 9.37 Å². The number of carbonyl (C=O) groups excluding carboxylic acids is 1. The summed E-state index contributed by atoms with van der Waals surface area (Å²) in [4.78, 5) is 16.9. The molecular weight excluding hydrogens is 341 g/mol. The first-order valence-corrected chi connectivity index (χ1v) is 7.63. The molecule has 0 radical (unpaired) electrons. The van der Waals surface area contributed by atoms with Gasteiger partial charge in [0.2, 0.25) is 17.4 Å². The topological polar surface area (TPSA) is 70.8 Å². The number of ketones is 1. The van der Waals surface area contributed by atoms with Crippen LogP contribution < -0.4 is 14.2 Å². The summed E-state index contributed by atoms with van der Waals surface area (Å²) in [6, 6.07) is 8.70. The minimum Gasteiger partial charge on any atom is -0.493 e. The Kier molecular flexibility index (Phi) is 4.88. The lowest BCUT2D eigenvalue weighted by atomic mass is 10.1. The fraction of sp³-hybridized carbons (Fsp3) is 0.158. The van der Waals surface area contributed by atoms with Gasteiger partial charge in [-0.1, -0.05) is 0 Å². The zero-order chi connectivity index (χ0) is 18.7. The fourth-order valence-electron chi connectivity index (χ4n) is 2.46. The molecular formula is C19H16FNO5. The van der Waals surface area contributed by atoms with E-state index in [1.807, 2.05) is 0 Å². The molecule has 134 valence electrons. The third-order valence-corrected chi connectivity index (χ3v) is 3.75. The Balaban J connectivity index is 1.96. The van der Waals surface area contributed by atoms with Gasteiger partial charge < -0.3 is 18.6 Å². The summed E-state index contributed by atoms with van der Waals surface area (Å²) >= 11 is 0. The maximum atomic E-state index is 13.0. The monoisotopic (exact) mass is 357 g/mol. The molecule has 1 heterocycles. The number of ether oxygens (including phenoxy) is 3. The summed E-state index contributed by atoms with van der Waals surface area (Å²) in [5.41, 5.74) is 0.979. The van der Waals surface area contributed by atoms with Gasteiger partial charge >= 0.3 is 0 Å². The van der Waals surface area contributed by atoms with Gasteiger partial charge in [0, 0.05) is 11.1 Å². The summed E-state index contributed by atoms with van der Waals surface area (Å²) in [6.45, 7) is 0. The van der Waals surface area contributed by atoms with Crippen LogP contribution in [0, 0.1) is 5.82 Å². The lowest BCUT2D eigenvalue weighted by molar-refractivity contribution is 0.103. The third-order valence-electron chi connectivity index (χ3n) is 3.75. The molecule has 0 fully saturated rings. The van der Waals surface area contributed by atoms with Crippen LogP contribution in [0.25, 0.3) is 11.5 Å². The van der Waals surface area contributed by atoms with Gasteiger partial charge in [-0.2, -0.15) is 0 Å². The molecule has 0 aliphatic heterocycles. The van der Waals surface area contributed by atoms with Crippen molar-refractivity contribution in [2.45, 2.75) is 0 Å². The van der Waals surface area contributed by atoms with E-state index >= 15 is 0 Å². The van der Waals surface area contributed by atoms with Gasteiger partial charge in [-0.05, 0) is 36.4 Å². The van der Waals surface area contributed by atoms with E-state index < -0.39 is 0 Å². The van der Waals surface area contributed by atoms with E-state index in [0.29, 0.717) is 28.4 Å². The highest BCUT2D eigenvalue weighted by Crippen LogP contribution is 2.38. The molecule has 3 aromatic rings. The van der Waals surface area contributed by atoms with Gasteiger partial charge in [-0.15, -0.1) is 0 Å². The second-order valence-electron chi connectivity index (χ2n) is 5.29. The van der Waals surface area contributed by atoms with E-state index in [-0.39, 0.29) is 23.2 Å². The molecule has 1 aromatic heterocycles. The average Bonchev–Trinajstić information content (AvgIpc) is 3.16. The number of hydrogen-bond donors (Lipinski definition) is 0. The predicted octanol–water partition coefficient (Wildman–Crippen LogP) is 3.74. The number of oxazole rings is 1. The van der Waals surface area contributed by atoms with Crippen LogP contribution >= 0.6 is 0 Å². The van der Waals surface area contributed by atoms with Crippen molar-refractivity contribution in [3.8, 4) is 28.7 Å². The molecule has 0 N–H and O–H groups in total. The van der Waals surface area contributed by atoms with Gasteiger partial charge in [0.1, 0.15) is 12.1 Å². The Labute approximate surface area is 149 Å². The maximum absolute atomic E-state index is 13.0. The molecule has 6 nitrogen and oxygen atoms in total. The van der Waals surface area contributed by atoms with E-state index in [9.17, 15) is 9.18 Å². The van der Waals surface area contributed by atoms with Crippen LogP contribution in [0.2, 0.25) is 0 Å². The zero-order valence-corrected chi connectivity index (χ0v) is 14.4. The Bertz CT molecular complexity index is 908. The number of nitrogens with zero attached hydrogens (tertiary/aromatic N) is 1. The Morgan fingerprint density at radius 1 is 1.00 bits per heavy atom. The molecule has 0 saturated heterocycles. The van der Waals surface area contributed by atoms with E-state index in [0.717, 1.165) is 0 Å². The van der Waals surface area contributed by atoms with Crippen LogP contribution in [0.15, 0.2) is 47.1 Å². The summed E-state index contributed by atoms with van der Waals surface area (Å²) in [5, 5.41) is 0. The minimum absolute atomic E-state index is 0.110. The first kappa shape index (κ1) is 17.5. The average molecular weight is 357 g/mol. The summed E-state index contributed by atoms with van der Waals surface area (Å²) in [7, 11) is 4.41. The van der Waals surface area contributed by atoms with E-state index in [2.05, 4.69) is 4.98 Å². The minimum atomic E-state index is -0.374. The molecule has 3 rings (SSSR count). The number of aromatic nitrogens is 1. The van der Waals surface area contributed by atoms with Gasteiger partial charge in [0.25, 0.3) is 0 Å². The highest BCUT2D eigenvalue weighted by Gasteiger charge is 2.20. The Morgan fingerprint density at radius 3 is 2.15 bits per heavy atom. The Morgan fingerprint density at radius 2 is 1.62 bits per heavy atom. The van der Waals surface area contributed by atoms with Crippen LogP contribution in [0.3, 0.4) is 0 Å². The van der Waals surface area contributed by atoms with Gasteiger partial charge in [0.15, 0.2) is 17.2 Å². The maximum Gasteiger partial charge on any atom is 0.226 e. The molecule has 0 unspecified atom stereocenters. The van der Waals surface area contributed by atoms with Crippen LogP contribution in [0.5, 0.6) is 17.2 Å². The van der Waals surface area contributed by atoms with Gasteiger partial charge in [-0.3, -0.25) is 4.79 Å². The molecule has 0 bridgehead atoms. The van der Waals surface area contributed by atoms with Crippen molar-refractivity contribution in [3.05, 3.63) is 59.7 Å². The predicted molar refractivity (Wildman–Crippen MR) is 91.4 cm³/mol. The van der Waals surface area contributed by atoms with Crippen LogP contribution in [0.1, 0.15) is 16.1 Å². The number of halogens is 1. The van der Waals surface area contributed by atoms with E-state index in [1.165, 1.54) is 64.0 Å². The van der Waals surface area contributed by atoms with Crippen LogP contribution in [-0.2, 0) is 0 Å². The van der Waals surface area contributed by atoms with Gasteiger partial charge in [0.05, 0.1) is 21.3 Å². The van der Waals surface area contributed by atoms with Crippen molar-refractivity contribution in [1.29, 1.82) is 0 Å². The highest BCUT2D eigenvalue weighted by atomic mass is 19.1. The fourth-order valence-corrected chi connectivity index (χ4v) is 2.46. The number of hydrogen-bond acceptors (Lipinski definition) is 6. The molecule has 0 atom stereocenters. The lowest BCUT2D eigenvalue weighted by Gasteiger charge is -2.13. The van der Waals surface area contributed by atoms with Crippen LogP contribution in [-0.4, -0.2) is 32.1 Å². The molecule has 0 saturated carbocycles. The van der Waals surface area contributed by atoms with Crippen molar-refractivity contribution < 1.29 is 27.8 Å². The third kappa shape index (κ3) is 3.23. The molecule has 0 spiro atoms. The first-order chi connectivity index (χ1) is 12.6. The zero-order valence-electron chi connectivity index (χ0n) is 14.4. The van der Waals surface area contributed by atoms with E-state index in [1.54, 1.807) is 0 Å². The number of carbonyl (C=O) groups is 1. The Hall–Kier alpha value is -3.35. The second kappa shape index (κ2) is 7.26. The number of rotatable bonds is 6. The number of benzene rings is 2. The first-order valence-electron chi connectivity index (χ1n) is 7.63. The normalized spacial score (nSPS) is 10.5. The molecule has 0 aliphatic carbocycles. The van der Waals surface area contributed by atoms with E-state index in [4.69, 9.17) is 18.6 Å². The molecule has 7 heteroatoms. The quantitative estimate of drug-likeness (QED) is 0.626. The molecule has 26 heavy (non-hydrogen) atoms.